The van der Waals surface area contributed by atoms with Crippen molar-refractivity contribution in [2.75, 3.05) is 40.9 Å². The summed E-state index contributed by atoms with van der Waals surface area (Å²) in [7, 11) is 1.58. The molecule has 3 N–H and O–H groups in total. The summed E-state index contributed by atoms with van der Waals surface area (Å²) >= 11 is 0. The second kappa shape index (κ2) is 34.0. The normalized spacial score (nSPS) is 14.6. The zero-order valence-electron chi connectivity index (χ0n) is 33.7. The van der Waals surface area contributed by atoms with Crippen molar-refractivity contribution in [2.45, 2.75) is 206 Å². The van der Waals surface area contributed by atoms with E-state index in [4.69, 9.17) is 9.05 Å². The van der Waals surface area contributed by atoms with Gasteiger partial charge in [0.2, 0.25) is 5.91 Å². The van der Waals surface area contributed by atoms with E-state index in [1.165, 1.54) is 135 Å². The SMILES string of the molecule is CCCCCCCCCCCC/C=C/[C@@H](O)[C@H](COP(=O)(O)OCC[N+](C)(C)C)NC(=O)CCCCCCCCCCCCCCCCCC. The smallest absolute Gasteiger partial charge is 0.387 e. The zero-order chi connectivity index (χ0) is 37.2. The number of aliphatic hydroxyl groups is 1. The predicted octanol–water partition coefficient (Wildman–Crippen LogP) is 11.2. The number of amides is 1. The lowest BCUT2D eigenvalue weighted by molar-refractivity contribution is -0.870. The molecule has 0 heterocycles. The first-order valence-corrected chi connectivity index (χ1v) is 22.6. The van der Waals surface area contributed by atoms with E-state index < -0.39 is 20.0 Å². The van der Waals surface area contributed by atoms with E-state index in [1.807, 2.05) is 27.2 Å². The monoisotopic (exact) mass is 732 g/mol. The molecule has 0 spiro atoms. The average molecular weight is 732 g/mol. The van der Waals surface area contributed by atoms with Crippen molar-refractivity contribution >= 4 is 13.7 Å². The molecule has 0 rings (SSSR count). The number of aliphatic hydroxyl groups excluding tert-OH is 1. The lowest BCUT2D eigenvalue weighted by atomic mass is 10.0. The Kier molecular flexibility index (Phi) is 33.5. The molecule has 0 radical (unpaired) electrons. The lowest BCUT2D eigenvalue weighted by Gasteiger charge is -2.25. The van der Waals surface area contributed by atoms with Crippen LogP contribution in [0.5, 0.6) is 0 Å². The van der Waals surface area contributed by atoms with Crippen LogP contribution < -0.4 is 5.32 Å². The Morgan fingerprint density at radius 2 is 1.06 bits per heavy atom. The topological polar surface area (TPSA) is 105 Å². The third-order valence-corrected chi connectivity index (χ3v) is 10.5. The quantitative estimate of drug-likeness (QED) is 0.0253. The number of carbonyl (C=O) groups excluding carboxylic acids is 1. The number of quaternary nitrogens is 1. The minimum absolute atomic E-state index is 0.0644. The molecule has 0 aliphatic carbocycles. The van der Waals surface area contributed by atoms with Gasteiger partial charge in [0.1, 0.15) is 13.2 Å². The van der Waals surface area contributed by atoms with Crippen molar-refractivity contribution in [1.29, 1.82) is 0 Å². The third-order valence-electron chi connectivity index (χ3n) is 9.51. The predicted molar refractivity (Wildman–Crippen MR) is 212 cm³/mol. The van der Waals surface area contributed by atoms with Crippen LogP contribution in [0.25, 0.3) is 0 Å². The van der Waals surface area contributed by atoms with E-state index in [0.717, 1.165) is 38.5 Å². The maximum atomic E-state index is 12.8. The zero-order valence-corrected chi connectivity index (χ0v) is 34.5. The molecule has 0 aromatic heterocycles. The molecule has 0 aromatic carbocycles. The number of unbranched alkanes of at least 4 members (excludes halogenated alkanes) is 25. The molecule has 0 fully saturated rings. The van der Waals surface area contributed by atoms with Gasteiger partial charge in [-0.05, 0) is 19.3 Å². The number of likely N-dealkylation sites (N-methyl/N-ethyl adjacent to an activating group) is 1. The average Bonchev–Trinajstić information content (AvgIpc) is 3.06. The molecular formula is C41H84N2O6P+. The van der Waals surface area contributed by atoms with Gasteiger partial charge < -0.3 is 19.8 Å². The van der Waals surface area contributed by atoms with Crippen molar-refractivity contribution in [2.24, 2.45) is 0 Å². The van der Waals surface area contributed by atoms with E-state index >= 15 is 0 Å². The highest BCUT2D eigenvalue weighted by Crippen LogP contribution is 2.43. The number of hydrogen-bond donors (Lipinski definition) is 3. The molecule has 8 nitrogen and oxygen atoms in total. The van der Waals surface area contributed by atoms with Crippen LogP contribution >= 0.6 is 7.82 Å². The number of phosphoric acid groups is 1. The van der Waals surface area contributed by atoms with Crippen LogP contribution in [0.1, 0.15) is 194 Å². The summed E-state index contributed by atoms with van der Waals surface area (Å²) < 4.78 is 23.5. The number of carbonyl (C=O) groups is 1. The van der Waals surface area contributed by atoms with Gasteiger partial charge in [-0.2, -0.15) is 0 Å². The summed E-state index contributed by atoms with van der Waals surface area (Å²) in [5.41, 5.74) is 0. The number of hydrogen-bond acceptors (Lipinski definition) is 5. The largest absolute Gasteiger partial charge is 0.472 e. The summed E-state index contributed by atoms with van der Waals surface area (Å²) in [6.07, 6.45) is 37.0. The van der Waals surface area contributed by atoms with E-state index in [1.54, 1.807) is 6.08 Å². The van der Waals surface area contributed by atoms with Gasteiger partial charge in [0.15, 0.2) is 0 Å². The Labute approximate surface area is 310 Å². The molecule has 298 valence electrons. The molecule has 0 aromatic rings. The number of rotatable bonds is 38. The molecule has 0 saturated heterocycles. The van der Waals surface area contributed by atoms with Crippen molar-refractivity contribution in [3.8, 4) is 0 Å². The van der Waals surface area contributed by atoms with Crippen LogP contribution in [0.4, 0.5) is 0 Å². The number of nitrogens with zero attached hydrogens (tertiary/aromatic N) is 1. The third kappa shape index (κ3) is 35.6. The first kappa shape index (κ1) is 49.2. The standard InChI is InChI=1S/C41H83N2O6P/c1-6-8-10-12-14-16-18-20-21-22-23-25-27-29-31-33-35-41(45)42-39(38-49-50(46,47)48-37-36-43(3,4)5)40(44)34-32-30-28-26-24-19-17-15-13-11-9-7-2/h32,34,39-40,44H,6-31,33,35-38H2,1-5H3,(H-,42,45,46,47)/p+1/b34-32+/t39-,40+/m0/s1. The Hall–Kier alpha value is -0.760. The second-order valence-electron chi connectivity index (χ2n) is 15.7. The highest BCUT2D eigenvalue weighted by Gasteiger charge is 2.27. The molecule has 0 aliphatic heterocycles. The van der Waals surface area contributed by atoms with Crippen LogP contribution in [-0.2, 0) is 18.4 Å². The molecule has 1 unspecified atom stereocenters. The minimum atomic E-state index is -4.33. The van der Waals surface area contributed by atoms with Crippen molar-refractivity contribution < 1.29 is 32.9 Å². The van der Waals surface area contributed by atoms with Gasteiger partial charge in [-0.25, -0.2) is 4.57 Å². The Bertz CT molecular complexity index is 834. The molecule has 3 atom stereocenters. The van der Waals surface area contributed by atoms with Crippen molar-refractivity contribution in [1.82, 2.24) is 5.32 Å². The van der Waals surface area contributed by atoms with Crippen LogP contribution in [0.2, 0.25) is 0 Å². The molecule has 0 aliphatic rings. The lowest BCUT2D eigenvalue weighted by Crippen LogP contribution is -2.45. The van der Waals surface area contributed by atoms with E-state index in [-0.39, 0.29) is 19.1 Å². The number of nitrogens with one attached hydrogen (secondary N) is 1. The summed E-state index contributed by atoms with van der Waals surface area (Å²) in [6, 6.07) is -0.838. The Morgan fingerprint density at radius 3 is 1.48 bits per heavy atom. The van der Waals surface area contributed by atoms with E-state index in [9.17, 15) is 19.4 Å². The molecule has 1 amide bonds. The molecular weight excluding hydrogens is 647 g/mol. The fourth-order valence-corrected chi connectivity index (χ4v) is 6.84. The molecule has 9 heteroatoms. The Morgan fingerprint density at radius 1 is 0.660 bits per heavy atom. The molecule has 0 saturated carbocycles. The van der Waals surface area contributed by atoms with Crippen LogP contribution in [0.3, 0.4) is 0 Å². The van der Waals surface area contributed by atoms with Gasteiger partial charge >= 0.3 is 7.82 Å². The van der Waals surface area contributed by atoms with Gasteiger partial charge in [-0.15, -0.1) is 0 Å². The molecule has 50 heavy (non-hydrogen) atoms. The second-order valence-corrected chi connectivity index (χ2v) is 17.2. The summed E-state index contributed by atoms with van der Waals surface area (Å²) in [6.45, 7) is 4.81. The Balaban J connectivity index is 4.42. The first-order chi connectivity index (χ1) is 24.0. The maximum Gasteiger partial charge on any atom is 0.472 e. The number of allylic oxidation sites excluding steroid dienone is 1. The minimum Gasteiger partial charge on any atom is -0.387 e. The highest BCUT2D eigenvalue weighted by molar-refractivity contribution is 7.47. The van der Waals surface area contributed by atoms with Gasteiger partial charge in [0.25, 0.3) is 0 Å². The van der Waals surface area contributed by atoms with E-state index in [2.05, 4.69) is 19.2 Å². The fourth-order valence-electron chi connectivity index (χ4n) is 6.10. The summed E-state index contributed by atoms with van der Waals surface area (Å²) in [5.74, 6) is -0.176. The van der Waals surface area contributed by atoms with Gasteiger partial charge in [-0.1, -0.05) is 180 Å². The van der Waals surface area contributed by atoms with Gasteiger partial charge in [0, 0.05) is 6.42 Å². The van der Waals surface area contributed by atoms with Crippen LogP contribution in [-0.4, -0.2) is 73.4 Å². The van der Waals surface area contributed by atoms with Crippen molar-refractivity contribution in [3.63, 3.8) is 0 Å². The van der Waals surface area contributed by atoms with Crippen LogP contribution in [0.15, 0.2) is 12.2 Å². The van der Waals surface area contributed by atoms with E-state index in [0.29, 0.717) is 17.4 Å². The fraction of sp³-hybridized carbons (Fsp3) is 0.927. The maximum absolute atomic E-state index is 12.8. The summed E-state index contributed by atoms with van der Waals surface area (Å²) in [4.78, 5) is 23.0. The van der Waals surface area contributed by atoms with Gasteiger partial charge in [0.05, 0.1) is 39.9 Å². The first-order valence-electron chi connectivity index (χ1n) is 21.1. The highest BCUT2D eigenvalue weighted by atomic mass is 31.2. The van der Waals surface area contributed by atoms with Gasteiger partial charge in [-0.3, -0.25) is 13.8 Å². The van der Waals surface area contributed by atoms with Crippen LogP contribution in [0, 0.1) is 0 Å². The molecule has 0 bridgehead atoms. The number of phosphoric ester groups is 1. The summed E-state index contributed by atoms with van der Waals surface area (Å²) in [5, 5.41) is 13.8. The van der Waals surface area contributed by atoms with Crippen molar-refractivity contribution in [3.05, 3.63) is 12.2 Å².